The van der Waals surface area contributed by atoms with E-state index in [2.05, 4.69) is 5.32 Å². The van der Waals surface area contributed by atoms with Gasteiger partial charge in [-0.15, -0.1) is 12.4 Å². The fraction of sp³-hybridized carbons (Fsp3) is 0.611. The number of amides is 1. The van der Waals surface area contributed by atoms with E-state index in [0.29, 0.717) is 26.2 Å². The van der Waals surface area contributed by atoms with Crippen LogP contribution in [0.25, 0.3) is 0 Å². The van der Waals surface area contributed by atoms with E-state index in [4.69, 9.17) is 4.74 Å². The summed E-state index contributed by atoms with van der Waals surface area (Å²) in [6.45, 7) is 3.57. The normalized spacial score (nSPS) is 23.4. The molecule has 2 saturated heterocycles. The van der Waals surface area contributed by atoms with Crippen LogP contribution in [-0.4, -0.2) is 54.8 Å². The molecule has 1 amide bonds. The summed E-state index contributed by atoms with van der Waals surface area (Å²) >= 11 is 0. The van der Waals surface area contributed by atoms with Gasteiger partial charge >= 0.3 is 0 Å². The zero-order valence-electron chi connectivity index (χ0n) is 13.9. The molecule has 2 aliphatic rings. The summed E-state index contributed by atoms with van der Waals surface area (Å²) in [6.07, 6.45) is 1.78. The van der Waals surface area contributed by atoms with Crippen molar-refractivity contribution in [3.05, 3.63) is 35.9 Å². The summed E-state index contributed by atoms with van der Waals surface area (Å²) in [7, 11) is 0. The van der Waals surface area contributed by atoms with Crippen molar-refractivity contribution in [2.75, 3.05) is 32.8 Å². The summed E-state index contributed by atoms with van der Waals surface area (Å²) < 4.78 is 5.57. The molecule has 0 saturated carbocycles. The third kappa shape index (κ3) is 4.70. The van der Waals surface area contributed by atoms with E-state index in [1.807, 2.05) is 35.2 Å². The Morgan fingerprint density at radius 1 is 1.29 bits per heavy atom. The Morgan fingerprint density at radius 2 is 2.00 bits per heavy atom. The van der Waals surface area contributed by atoms with Gasteiger partial charge in [-0.2, -0.15) is 0 Å². The van der Waals surface area contributed by atoms with Gasteiger partial charge in [-0.25, -0.2) is 0 Å². The second kappa shape index (κ2) is 9.37. The van der Waals surface area contributed by atoms with Gasteiger partial charge in [0.2, 0.25) is 5.91 Å². The van der Waals surface area contributed by atoms with Gasteiger partial charge in [0.25, 0.3) is 0 Å². The highest BCUT2D eigenvalue weighted by Crippen LogP contribution is 2.25. The monoisotopic (exact) mass is 354 g/mol. The highest BCUT2D eigenvalue weighted by atomic mass is 35.5. The van der Waals surface area contributed by atoms with Crippen LogP contribution < -0.4 is 5.32 Å². The number of morpholine rings is 1. The van der Waals surface area contributed by atoms with Gasteiger partial charge in [0.05, 0.1) is 25.4 Å². The molecule has 5 nitrogen and oxygen atoms in total. The minimum absolute atomic E-state index is 0. The lowest BCUT2D eigenvalue weighted by atomic mass is 9.94. The first kappa shape index (κ1) is 19.2. The third-order valence-electron chi connectivity index (χ3n) is 4.88. The van der Waals surface area contributed by atoms with E-state index in [9.17, 15) is 9.90 Å². The molecular formula is C18H27ClN2O3. The number of carbonyl (C=O) groups excluding carboxylic acids is 1. The van der Waals surface area contributed by atoms with Crippen LogP contribution in [0, 0.1) is 5.92 Å². The highest BCUT2D eigenvalue weighted by Gasteiger charge is 2.33. The number of nitrogens with zero attached hydrogens (tertiary/aromatic N) is 1. The van der Waals surface area contributed by atoms with E-state index < -0.39 is 6.10 Å². The molecule has 134 valence electrons. The molecule has 0 aromatic heterocycles. The van der Waals surface area contributed by atoms with Crippen molar-refractivity contribution < 1.29 is 14.6 Å². The molecular weight excluding hydrogens is 328 g/mol. The number of halogens is 1. The molecule has 2 fully saturated rings. The number of aliphatic hydroxyl groups excluding tert-OH is 1. The van der Waals surface area contributed by atoms with Crippen molar-refractivity contribution in [3.63, 3.8) is 0 Å². The summed E-state index contributed by atoms with van der Waals surface area (Å²) in [5.74, 6) is 0.353. The van der Waals surface area contributed by atoms with Crippen LogP contribution in [0.1, 0.15) is 30.9 Å². The van der Waals surface area contributed by atoms with Gasteiger partial charge in [0, 0.05) is 18.9 Å². The van der Waals surface area contributed by atoms with Crippen molar-refractivity contribution in [1.29, 1.82) is 0 Å². The Morgan fingerprint density at radius 3 is 2.71 bits per heavy atom. The average Bonchev–Trinajstić information content (AvgIpc) is 2.63. The second-order valence-electron chi connectivity index (χ2n) is 6.45. The van der Waals surface area contributed by atoms with Crippen LogP contribution in [0.5, 0.6) is 0 Å². The van der Waals surface area contributed by atoms with Crippen molar-refractivity contribution in [3.8, 4) is 0 Å². The van der Waals surface area contributed by atoms with Crippen LogP contribution in [-0.2, 0) is 9.53 Å². The predicted molar refractivity (Wildman–Crippen MR) is 95.2 cm³/mol. The zero-order valence-corrected chi connectivity index (χ0v) is 14.7. The Labute approximate surface area is 149 Å². The number of ether oxygens (including phenoxy) is 1. The van der Waals surface area contributed by atoms with E-state index in [-0.39, 0.29) is 30.3 Å². The smallest absolute Gasteiger partial charge is 0.226 e. The van der Waals surface area contributed by atoms with Crippen molar-refractivity contribution >= 4 is 18.3 Å². The van der Waals surface area contributed by atoms with Gasteiger partial charge in [0.1, 0.15) is 0 Å². The highest BCUT2D eigenvalue weighted by molar-refractivity contribution is 5.85. The molecule has 6 heteroatoms. The maximum atomic E-state index is 12.8. The zero-order chi connectivity index (χ0) is 16.1. The van der Waals surface area contributed by atoms with Crippen LogP contribution >= 0.6 is 12.4 Å². The average molecular weight is 355 g/mol. The largest absolute Gasteiger partial charge is 0.388 e. The topological polar surface area (TPSA) is 61.8 Å². The fourth-order valence-corrected chi connectivity index (χ4v) is 3.51. The number of hydrogen-bond acceptors (Lipinski definition) is 4. The van der Waals surface area contributed by atoms with Crippen LogP contribution in [0.4, 0.5) is 0 Å². The molecule has 24 heavy (non-hydrogen) atoms. The third-order valence-corrected chi connectivity index (χ3v) is 4.88. The first-order valence-corrected chi connectivity index (χ1v) is 8.57. The summed E-state index contributed by atoms with van der Waals surface area (Å²) in [5, 5.41) is 13.8. The summed E-state index contributed by atoms with van der Waals surface area (Å²) in [4.78, 5) is 14.8. The number of rotatable bonds is 4. The standard InChI is InChI=1S/C18H26N2O3.ClH/c21-17(14-4-2-1-3-5-14)12-16-13-23-11-10-20(16)18(22)15-6-8-19-9-7-15;/h1-5,15-17,19,21H,6-13H2;1H. The quantitative estimate of drug-likeness (QED) is 0.865. The molecule has 2 unspecified atom stereocenters. The molecule has 0 spiro atoms. The van der Waals surface area contributed by atoms with Gasteiger partial charge in [-0.05, 0) is 31.5 Å². The lowest BCUT2D eigenvalue weighted by Gasteiger charge is -2.39. The van der Waals surface area contributed by atoms with Gasteiger partial charge in [-0.1, -0.05) is 30.3 Å². The van der Waals surface area contributed by atoms with E-state index in [1.165, 1.54) is 0 Å². The summed E-state index contributed by atoms with van der Waals surface area (Å²) in [6, 6.07) is 9.59. The van der Waals surface area contributed by atoms with E-state index >= 15 is 0 Å². The van der Waals surface area contributed by atoms with Crippen LogP contribution in [0.2, 0.25) is 0 Å². The Bertz CT molecular complexity index is 508. The molecule has 1 aromatic rings. The molecule has 2 atom stereocenters. The number of benzene rings is 1. The Balaban J connectivity index is 0.00000208. The first-order chi connectivity index (χ1) is 11.3. The number of aliphatic hydroxyl groups is 1. The minimum atomic E-state index is -0.564. The first-order valence-electron chi connectivity index (χ1n) is 8.57. The lowest BCUT2D eigenvalue weighted by molar-refractivity contribution is -0.146. The molecule has 1 aromatic carbocycles. The number of piperidine rings is 1. The SMILES string of the molecule is Cl.O=C(C1CCNCC1)N1CCOCC1CC(O)c1ccccc1. The maximum absolute atomic E-state index is 12.8. The molecule has 2 aliphatic heterocycles. The Hall–Kier alpha value is -1.14. The molecule has 0 radical (unpaired) electrons. The fourth-order valence-electron chi connectivity index (χ4n) is 3.51. The minimum Gasteiger partial charge on any atom is -0.388 e. The van der Waals surface area contributed by atoms with E-state index in [1.54, 1.807) is 0 Å². The summed E-state index contributed by atoms with van der Waals surface area (Å²) in [5.41, 5.74) is 0.896. The molecule has 2 N–H and O–H groups in total. The van der Waals surface area contributed by atoms with Gasteiger partial charge in [0.15, 0.2) is 0 Å². The molecule has 0 aliphatic carbocycles. The molecule has 0 bridgehead atoms. The second-order valence-corrected chi connectivity index (χ2v) is 6.45. The maximum Gasteiger partial charge on any atom is 0.226 e. The van der Waals surface area contributed by atoms with Crippen LogP contribution in [0.15, 0.2) is 30.3 Å². The van der Waals surface area contributed by atoms with Crippen molar-refractivity contribution in [2.45, 2.75) is 31.4 Å². The van der Waals surface area contributed by atoms with Crippen molar-refractivity contribution in [1.82, 2.24) is 10.2 Å². The number of carbonyl (C=O) groups is 1. The molecule has 3 rings (SSSR count). The molecule has 2 heterocycles. The van der Waals surface area contributed by atoms with Crippen LogP contribution in [0.3, 0.4) is 0 Å². The lowest BCUT2D eigenvalue weighted by Crippen LogP contribution is -2.52. The van der Waals surface area contributed by atoms with Gasteiger partial charge in [-0.3, -0.25) is 4.79 Å². The number of nitrogens with one attached hydrogen (secondary N) is 1. The van der Waals surface area contributed by atoms with Gasteiger partial charge < -0.3 is 20.1 Å². The number of hydrogen-bond donors (Lipinski definition) is 2. The Kier molecular flexibility index (Phi) is 7.49. The van der Waals surface area contributed by atoms with Crippen molar-refractivity contribution in [2.24, 2.45) is 5.92 Å². The van der Waals surface area contributed by atoms with E-state index in [0.717, 1.165) is 31.5 Å². The predicted octanol–water partition coefficient (Wildman–Crippen LogP) is 1.76.